The number of imidazole rings is 1. The molecule has 10 rings (SSSR count). The molecule has 1 radical (unpaired) electrons. The third-order valence-electron chi connectivity index (χ3n) is 11.9. The number of hydrogen-bond donors (Lipinski definition) is 0. The zero-order valence-electron chi connectivity index (χ0n) is 39.5. The monoisotopic (exact) mass is 1090 g/mol. The zero-order valence-corrected chi connectivity index (χ0v) is 43.0. The van der Waals surface area contributed by atoms with Gasteiger partial charge in [0.2, 0.25) is 5.71 Å². The van der Waals surface area contributed by atoms with Gasteiger partial charge in [-0.05, 0) is 65.4 Å². The third kappa shape index (κ3) is 9.31. The molecule has 0 fully saturated rings. The molecule has 4 heterocycles. The van der Waals surface area contributed by atoms with Crippen LogP contribution in [0.15, 0.2) is 162 Å². The standard InChI is InChI=1S/C41H32N3O.C17H22GeN.Ir/c1-26-22-23-31-30-18-13-19-32(38(30)45-40(31)42-26)39-43-35-20-11-12-21-36(35)44(39)37-33(27-14-7-5-8-15-27)24-29(41(2,3)4)25-34(37)28-16-9-6-10-17-28;1-13(2)14-6-8-15(9-7-14)17-11-10-16(12-19-17)18(3,4)5;/h5-18,20-25H,1-4H3;6-8,10-13H,1-5H3;/q2*-1;/i;13D;. The van der Waals surface area contributed by atoms with Crippen molar-refractivity contribution in [3.05, 3.63) is 187 Å². The number of rotatable bonds is 7. The first-order valence-corrected chi connectivity index (χ1v) is 29.4. The Bertz CT molecular complexity index is 3190. The smallest absolute Gasteiger partial charge is 0 e. The van der Waals surface area contributed by atoms with Crippen molar-refractivity contribution in [3.63, 3.8) is 0 Å². The summed E-state index contributed by atoms with van der Waals surface area (Å²) in [5.41, 5.74) is 14.7. The van der Waals surface area contributed by atoms with Crippen LogP contribution in [0, 0.1) is 19.1 Å². The molecule has 0 N–H and O–H groups in total. The maximum atomic E-state index is 8.02. The van der Waals surface area contributed by atoms with Gasteiger partial charge in [0.1, 0.15) is 0 Å². The van der Waals surface area contributed by atoms with Crippen molar-refractivity contribution in [1.29, 1.82) is 0 Å². The quantitative estimate of drug-likeness (QED) is 0.118. The summed E-state index contributed by atoms with van der Waals surface area (Å²) in [5, 5.41) is 1.98. The van der Waals surface area contributed by atoms with Gasteiger partial charge >= 0.3 is 120 Å². The van der Waals surface area contributed by atoms with Crippen molar-refractivity contribution >= 4 is 50.8 Å². The van der Waals surface area contributed by atoms with Gasteiger partial charge in [-0.15, -0.1) is 18.2 Å². The molecule has 0 saturated heterocycles. The van der Waals surface area contributed by atoms with Crippen molar-refractivity contribution < 1.29 is 25.9 Å². The molecule has 0 bridgehead atoms. The Kier molecular flexibility index (Phi) is 12.6. The van der Waals surface area contributed by atoms with Crippen LogP contribution in [0.4, 0.5) is 0 Å². The van der Waals surface area contributed by atoms with E-state index >= 15 is 0 Å². The number of aromatic nitrogens is 4. The van der Waals surface area contributed by atoms with Crippen LogP contribution in [-0.2, 0) is 25.5 Å². The van der Waals surface area contributed by atoms with Gasteiger partial charge in [-0.3, -0.25) is 4.98 Å². The number of aryl methyl sites for hydroxylation is 1. The molecule has 0 aliphatic heterocycles. The minimum atomic E-state index is -1.78. The number of hydrogen-bond acceptors (Lipinski definition) is 4. The topological polar surface area (TPSA) is 56.7 Å². The summed E-state index contributed by atoms with van der Waals surface area (Å²) < 4.78 is 18.2. The van der Waals surface area contributed by atoms with Crippen LogP contribution in [0.1, 0.15) is 58.7 Å². The Labute approximate surface area is 401 Å². The van der Waals surface area contributed by atoms with Crippen molar-refractivity contribution in [1.82, 2.24) is 19.5 Å². The fraction of sp³-hybridized carbons (Fsp3) is 0.190. The maximum absolute atomic E-state index is 8.02. The van der Waals surface area contributed by atoms with Crippen molar-refractivity contribution in [2.45, 2.75) is 70.1 Å². The second-order valence-corrected chi connectivity index (χ2v) is 29.5. The van der Waals surface area contributed by atoms with Crippen LogP contribution >= 0.6 is 0 Å². The van der Waals surface area contributed by atoms with Gasteiger partial charge in [-0.1, -0.05) is 105 Å². The Morgan fingerprint density at radius 2 is 1.38 bits per heavy atom. The van der Waals surface area contributed by atoms with E-state index in [0.29, 0.717) is 5.71 Å². The summed E-state index contributed by atoms with van der Waals surface area (Å²) in [6.45, 7) is 12.6. The van der Waals surface area contributed by atoms with Crippen LogP contribution in [0.5, 0.6) is 0 Å². The fourth-order valence-electron chi connectivity index (χ4n) is 8.18. The average Bonchev–Trinajstić information content (AvgIpc) is 3.87. The molecule has 10 aromatic rings. The number of nitrogens with zero attached hydrogens (tertiary/aromatic N) is 4. The van der Waals surface area contributed by atoms with Crippen LogP contribution in [0.2, 0.25) is 17.3 Å². The number of fused-ring (bicyclic) bond motifs is 4. The van der Waals surface area contributed by atoms with Crippen molar-refractivity contribution in [3.8, 4) is 50.6 Å². The number of pyridine rings is 2. The van der Waals surface area contributed by atoms with E-state index in [9.17, 15) is 0 Å². The van der Waals surface area contributed by atoms with E-state index in [-0.39, 0.29) is 25.5 Å². The van der Waals surface area contributed by atoms with E-state index in [0.717, 1.165) is 89.2 Å². The summed E-state index contributed by atoms with van der Waals surface area (Å²) in [6, 6.07) is 59.5. The van der Waals surface area contributed by atoms with E-state index in [2.05, 4.69) is 175 Å². The normalized spacial score (nSPS) is 12.2. The second-order valence-electron chi connectivity index (χ2n) is 18.8. The van der Waals surface area contributed by atoms with Gasteiger partial charge in [0.25, 0.3) is 0 Å². The van der Waals surface area contributed by atoms with E-state index in [4.69, 9.17) is 15.8 Å². The Morgan fingerprint density at radius 3 is 1.97 bits per heavy atom. The molecule has 4 aromatic heterocycles. The predicted molar refractivity (Wildman–Crippen MR) is 270 cm³/mol. The van der Waals surface area contributed by atoms with Crippen LogP contribution < -0.4 is 4.40 Å². The summed E-state index contributed by atoms with van der Waals surface area (Å²) >= 11 is -1.78. The predicted octanol–water partition coefficient (Wildman–Crippen LogP) is 14.9. The van der Waals surface area contributed by atoms with Gasteiger partial charge < -0.3 is 8.98 Å². The van der Waals surface area contributed by atoms with Crippen molar-refractivity contribution in [2.75, 3.05) is 0 Å². The maximum Gasteiger partial charge on any atom is 0 e. The first-order chi connectivity index (χ1) is 31.0. The molecular weight excluding hydrogens is 1030 g/mol. The van der Waals surface area contributed by atoms with E-state index in [1.807, 2.05) is 63.4 Å². The van der Waals surface area contributed by atoms with Crippen LogP contribution in [0.25, 0.3) is 83.7 Å². The zero-order chi connectivity index (χ0) is 45.7. The molecule has 7 heteroatoms. The molecule has 0 saturated carbocycles. The molecule has 0 unspecified atom stereocenters. The minimum absolute atomic E-state index is 0. The summed E-state index contributed by atoms with van der Waals surface area (Å²) in [6.07, 6.45) is 2.02. The molecule has 0 aliphatic carbocycles. The Balaban J connectivity index is 0.000000238. The van der Waals surface area contributed by atoms with Gasteiger partial charge in [0.15, 0.2) is 0 Å². The number of benzene rings is 6. The largest absolute Gasteiger partial charge is 0 e. The average molecular weight is 1090 g/mol. The van der Waals surface area contributed by atoms with E-state index in [1.165, 1.54) is 9.96 Å². The summed E-state index contributed by atoms with van der Waals surface area (Å²) in [7, 11) is 0. The van der Waals surface area contributed by atoms with Crippen LogP contribution in [0.3, 0.4) is 0 Å². The molecule has 5 nitrogen and oxygen atoms in total. The molecule has 65 heavy (non-hydrogen) atoms. The fourth-order valence-corrected chi connectivity index (χ4v) is 10.3. The Hall–Kier alpha value is -5.92. The summed E-state index contributed by atoms with van der Waals surface area (Å²) in [5.74, 6) is 7.30. The van der Waals surface area contributed by atoms with Gasteiger partial charge in [0.05, 0.1) is 28.1 Å². The molecule has 0 aliphatic rings. The molecule has 0 spiro atoms. The number of furan rings is 1. The molecular formula is C58H54GeIrN4O-2. The first kappa shape index (κ1) is 44.3. The van der Waals surface area contributed by atoms with Gasteiger partial charge in [-0.2, -0.15) is 0 Å². The molecule has 0 atom stereocenters. The minimum Gasteiger partial charge on any atom is 0 e. The second kappa shape index (κ2) is 18.5. The molecule has 327 valence electrons. The van der Waals surface area contributed by atoms with Crippen LogP contribution in [-0.4, -0.2) is 32.8 Å². The molecule has 6 aromatic carbocycles. The van der Waals surface area contributed by atoms with E-state index < -0.39 is 19.2 Å². The SMILES string of the molecule is Cc1ccc2c(n1)oc1c(-c3nc4ccccc4n3-c3c(-c4ccccc4)cc(C(C)(C)C)cc3-c3ccccc3)[c-]ccc12.[2H]C(C)(C)c1c[c-]c(-c2cc[c]([Ge]([CH3])([CH3])[CH3])cn2)cc1.[Ir]. The Morgan fingerprint density at radius 1 is 0.723 bits per heavy atom. The summed E-state index contributed by atoms with van der Waals surface area (Å²) in [4.78, 5) is 14.6. The van der Waals surface area contributed by atoms with E-state index in [1.54, 1.807) is 0 Å². The van der Waals surface area contributed by atoms with Crippen molar-refractivity contribution in [2.24, 2.45) is 0 Å². The van der Waals surface area contributed by atoms with Gasteiger partial charge in [-0.25, -0.2) is 4.98 Å². The number of para-hydroxylation sites is 2. The van der Waals surface area contributed by atoms with Gasteiger partial charge in [0, 0.05) is 42.3 Å². The third-order valence-corrected chi connectivity index (χ3v) is 16.1. The first-order valence-electron chi connectivity index (χ1n) is 22.5. The molecule has 0 amide bonds.